The highest BCUT2D eigenvalue weighted by molar-refractivity contribution is 6.01. The molecule has 0 aliphatic carbocycles. The molecule has 0 aliphatic heterocycles. The summed E-state index contributed by atoms with van der Waals surface area (Å²) >= 11 is 0. The zero-order valence-electron chi connectivity index (χ0n) is 10.3. The van der Waals surface area contributed by atoms with Crippen LogP contribution in [-0.2, 0) is 4.74 Å². The molecule has 0 N–H and O–H groups in total. The average Bonchev–Trinajstić information content (AvgIpc) is 2.91. The maximum Gasteiger partial charge on any atom is 0.341 e. The van der Waals surface area contributed by atoms with Gasteiger partial charge in [-0.1, -0.05) is 24.3 Å². The van der Waals surface area contributed by atoms with Gasteiger partial charge in [0.1, 0.15) is 11.1 Å². The number of aromatic nitrogens is 1. The van der Waals surface area contributed by atoms with E-state index in [1.807, 2.05) is 30.3 Å². The number of oxazole rings is 1. The first kappa shape index (κ1) is 11.5. The van der Waals surface area contributed by atoms with Crippen LogP contribution in [0.5, 0.6) is 0 Å². The summed E-state index contributed by atoms with van der Waals surface area (Å²) in [6.07, 6.45) is 0. The average molecular weight is 253 g/mol. The van der Waals surface area contributed by atoms with Gasteiger partial charge in [0.15, 0.2) is 5.58 Å². The molecule has 1 aromatic heterocycles. The van der Waals surface area contributed by atoms with Gasteiger partial charge in [0, 0.05) is 5.56 Å². The highest BCUT2D eigenvalue weighted by Crippen LogP contribution is 2.26. The predicted molar refractivity (Wildman–Crippen MR) is 70.8 cm³/mol. The van der Waals surface area contributed by atoms with Gasteiger partial charge in [0.05, 0.1) is 7.11 Å². The van der Waals surface area contributed by atoms with E-state index in [2.05, 4.69) is 4.98 Å². The highest BCUT2D eigenvalue weighted by Gasteiger charge is 2.16. The number of carbonyl (C=O) groups is 1. The second-order valence-electron chi connectivity index (χ2n) is 4.03. The topological polar surface area (TPSA) is 52.3 Å². The van der Waals surface area contributed by atoms with Crippen LogP contribution in [-0.4, -0.2) is 18.1 Å². The number of methoxy groups -OCH3 is 1. The van der Waals surface area contributed by atoms with Crippen LogP contribution in [0, 0.1) is 0 Å². The molecule has 0 saturated heterocycles. The summed E-state index contributed by atoms with van der Waals surface area (Å²) in [6.45, 7) is 0. The smallest absolute Gasteiger partial charge is 0.341 e. The molecule has 0 saturated carbocycles. The number of esters is 1. The second kappa shape index (κ2) is 4.57. The quantitative estimate of drug-likeness (QED) is 0.658. The fourth-order valence-corrected chi connectivity index (χ4v) is 1.92. The first-order valence-electron chi connectivity index (χ1n) is 5.83. The van der Waals surface area contributed by atoms with E-state index < -0.39 is 5.97 Å². The van der Waals surface area contributed by atoms with Crippen molar-refractivity contribution in [3.63, 3.8) is 0 Å². The second-order valence-corrected chi connectivity index (χ2v) is 4.03. The van der Waals surface area contributed by atoms with Crippen molar-refractivity contribution in [2.45, 2.75) is 0 Å². The summed E-state index contributed by atoms with van der Waals surface area (Å²) in [6, 6.07) is 14.8. The molecule has 4 heteroatoms. The van der Waals surface area contributed by atoms with E-state index in [9.17, 15) is 4.79 Å². The fraction of sp³-hybridized carbons (Fsp3) is 0.0667. The van der Waals surface area contributed by atoms with Gasteiger partial charge < -0.3 is 9.15 Å². The normalized spacial score (nSPS) is 10.6. The number of hydrogen-bond acceptors (Lipinski definition) is 4. The van der Waals surface area contributed by atoms with Crippen molar-refractivity contribution >= 4 is 17.1 Å². The molecule has 0 fully saturated rings. The molecule has 0 atom stereocenters. The Morgan fingerprint density at radius 1 is 1.11 bits per heavy atom. The highest BCUT2D eigenvalue weighted by atomic mass is 16.5. The van der Waals surface area contributed by atoms with Crippen LogP contribution in [0.15, 0.2) is 52.9 Å². The summed E-state index contributed by atoms with van der Waals surface area (Å²) in [7, 11) is 1.34. The van der Waals surface area contributed by atoms with Gasteiger partial charge in [0.2, 0.25) is 5.89 Å². The van der Waals surface area contributed by atoms with E-state index in [4.69, 9.17) is 9.15 Å². The Labute approximate surface area is 109 Å². The lowest BCUT2D eigenvalue weighted by molar-refractivity contribution is 0.0602. The van der Waals surface area contributed by atoms with E-state index in [0.29, 0.717) is 22.6 Å². The summed E-state index contributed by atoms with van der Waals surface area (Å²) in [4.78, 5) is 16.0. The third kappa shape index (κ3) is 1.97. The molecular formula is C15H11NO3. The zero-order chi connectivity index (χ0) is 13.2. The number of hydrogen-bond donors (Lipinski definition) is 0. The molecule has 0 radical (unpaired) electrons. The molecule has 0 unspecified atom stereocenters. The van der Waals surface area contributed by atoms with Crippen molar-refractivity contribution in [1.82, 2.24) is 4.98 Å². The van der Waals surface area contributed by atoms with Crippen LogP contribution in [0.25, 0.3) is 22.6 Å². The van der Waals surface area contributed by atoms with Gasteiger partial charge in [0.25, 0.3) is 0 Å². The Morgan fingerprint density at radius 3 is 2.63 bits per heavy atom. The number of carbonyl (C=O) groups excluding carboxylic acids is 1. The number of fused-ring (bicyclic) bond motifs is 1. The van der Waals surface area contributed by atoms with E-state index in [1.54, 1.807) is 18.2 Å². The van der Waals surface area contributed by atoms with Crippen LogP contribution in [0.3, 0.4) is 0 Å². The molecule has 0 aliphatic rings. The molecule has 0 bridgehead atoms. The maximum absolute atomic E-state index is 11.7. The van der Waals surface area contributed by atoms with Gasteiger partial charge in [-0.2, -0.15) is 0 Å². The third-order valence-corrected chi connectivity index (χ3v) is 2.84. The Hall–Kier alpha value is -2.62. The first-order chi connectivity index (χ1) is 9.29. The molecule has 3 aromatic rings. The van der Waals surface area contributed by atoms with Crippen molar-refractivity contribution in [3.8, 4) is 11.5 Å². The minimum absolute atomic E-state index is 0.384. The number of ether oxygens (including phenoxy) is 1. The molecule has 0 amide bonds. The van der Waals surface area contributed by atoms with Gasteiger partial charge in [-0.05, 0) is 24.3 Å². The van der Waals surface area contributed by atoms with Crippen molar-refractivity contribution < 1.29 is 13.9 Å². The monoisotopic (exact) mass is 253 g/mol. The predicted octanol–water partition coefficient (Wildman–Crippen LogP) is 3.28. The molecule has 3 rings (SSSR count). The van der Waals surface area contributed by atoms with Crippen molar-refractivity contribution in [2.24, 2.45) is 0 Å². The van der Waals surface area contributed by atoms with Crippen LogP contribution < -0.4 is 0 Å². The molecular weight excluding hydrogens is 242 g/mol. The van der Waals surface area contributed by atoms with E-state index in [-0.39, 0.29) is 0 Å². The minimum Gasteiger partial charge on any atom is -0.465 e. The minimum atomic E-state index is -0.429. The number of nitrogens with zero attached hydrogens (tertiary/aromatic N) is 1. The lowest BCUT2D eigenvalue weighted by atomic mass is 10.2. The summed E-state index contributed by atoms with van der Waals surface area (Å²) < 4.78 is 10.4. The summed E-state index contributed by atoms with van der Waals surface area (Å²) in [5.74, 6) is 0.0633. The van der Waals surface area contributed by atoms with Crippen LogP contribution in [0.4, 0.5) is 0 Å². The first-order valence-corrected chi connectivity index (χ1v) is 5.83. The molecule has 19 heavy (non-hydrogen) atoms. The van der Waals surface area contributed by atoms with Gasteiger partial charge in [-0.25, -0.2) is 9.78 Å². The molecule has 1 heterocycles. The van der Waals surface area contributed by atoms with Crippen molar-refractivity contribution in [3.05, 3.63) is 54.1 Å². The number of para-hydroxylation sites is 1. The van der Waals surface area contributed by atoms with Gasteiger partial charge in [-0.15, -0.1) is 0 Å². The lowest BCUT2D eigenvalue weighted by Crippen LogP contribution is -2.00. The molecule has 2 aromatic carbocycles. The largest absolute Gasteiger partial charge is 0.465 e. The fourth-order valence-electron chi connectivity index (χ4n) is 1.92. The van der Waals surface area contributed by atoms with Crippen LogP contribution in [0.2, 0.25) is 0 Å². The van der Waals surface area contributed by atoms with E-state index in [1.165, 1.54) is 7.11 Å². The number of rotatable bonds is 2. The maximum atomic E-state index is 11.7. The molecule has 94 valence electrons. The Morgan fingerprint density at radius 2 is 1.89 bits per heavy atom. The van der Waals surface area contributed by atoms with Crippen LogP contribution >= 0.6 is 0 Å². The van der Waals surface area contributed by atoms with Crippen LogP contribution in [0.1, 0.15) is 10.4 Å². The van der Waals surface area contributed by atoms with Gasteiger partial charge in [-0.3, -0.25) is 0 Å². The number of benzene rings is 2. The zero-order valence-corrected chi connectivity index (χ0v) is 10.3. The Kier molecular flexibility index (Phi) is 2.76. The SMILES string of the molecule is COC(=O)c1cccc2nc(-c3ccccc3)oc12. The lowest BCUT2D eigenvalue weighted by Gasteiger charge is -1.98. The summed E-state index contributed by atoms with van der Waals surface area (Å²) in [5, 5.41) is 0. The Balaban J connectivity index is 2.19. The van der Waals surface area contributed by atoms with Gasteiger partial charge >= 0.3 is 5.97 Å². The summed E-state index contributed by atoms with van der Waals surface area (Å²) in [5.41, 5.74) is 2.35. The standard InChI is InChI=1S/C15H11NO3/c1-18-15(17)11-8-5-9-12-13(11)19-14(16-12)10-6-3-2-4-7-10/h2-9H,1H3. The van der Waals surface area contributed by atoms with Crippen molar-refractivity contribution in [2.75, 3.05) is 7.11 Å². The van der Waals surface area contributed by atoms with Crippen molar-refractivity contribution in [1.29, 1.82) is 0 Å². The van der Waals surface area contributed by atoms with E-state index in [0.717, 1.165) is 5.56 Å². The van der Waals surface area contributed by atoms with E-state index >= 15 is 0 Å². The molecule has 0 spiro atoms. The molecule has 4 nitrogen and oxygen atoms in total. The third-order valence-electron chi connectivity index (χ3n) is 2.84. The Bertz CT molecular complexity index is 731.